The van der Waals surface area contributed by atoms with Crippen LogP contribution >= 0.6 is 11.6 Å². The van der Waals surface area contributed by atoms with E-state index in [2.05, 4.69) is 26.7 Å². The molecule has 0 bridgehead atoms. The van der Waals surface area contributed by atoms with Crippen LogP contribution in [0.1, 0.15) is 16.1 Å². The zero-order valence-electron chi connectivity index (χ0n) is 12.7. The van der Waals surface area contributed by atoms with Gasteiger partial charge in [-0.2, -0.15) is 0 Å². The summed E-state index contributed by atoms with van der Waals surface area (Å²) in [5, 5.41) is 9.60. The lowest BCUT2D eigenvalue weighted by Crippen LogP contribution is -2.47. The number of hydrogen-bond donors (Lipinski definition) is 1. The fourth-order valence-corrected chi connectivity index (χ4v) is 2.86. The van der Waals surface area contributed by atoms with Crippen molar-refractivity contribution in [3.63, 3.8) is 0 Å². The molecule has 1 aliphatic heterocycles. The number of hydrogen-bond acceptors (Lipinski definition) is 5. The molecule has 6 nitrogen and oxygen atoms in total. The van der Waals surface area contributed by atoms with Crippen LogP contribution in [0.4, 0.5) is 11.5 Å². The first-order valence-corrected chi connectivity index (χ1v) is 7.74. The average Bonchev–Trinajstić information content (AvgIpc) is 2.57. The summed E-state index contributed by atoms with van der Waals surface area (Å²) in [6.07, 6.45) is 2.81. The SMILES string of the molecule is Cc1ccc(Cl)cc1N1CCN(c2cnc(C(=O)O)cn2)CC1. The monoisotopic (exact) mass is 332 g/mol. The highest BCUT2D eigenvalue weighted by Crippen LogP contribution is 2.26. The molecule has 1 saturated heterocycles. The Balaban J connectivity index is 1.68. The minimum atomic E-state index is -1.06. The van der Waals surface area contributed by atoms with E-state index in [0.29, 0.717) is 5.82 Å². The maximum Gasteiger partial charge on any atom is 0.356 e. The second kappa shape index (κ2) is 6.42. The molecule has 0 aliphatic carbocycles. The summed E-state index contributed by atoms with van der Waals surface area (Å²) in [6, 6.07) is 5.92. The summed E-state index contributed by atoms with van der Waals surface area (Å²) in [5.74, 6) is -0.359. The molecule has 1 fully saturated rings. The third-order valence-corrected chi connectivity index (χ3v) is 4.21. The van der Waals surface area contributed by atoms with Gasteiger partial charge in [-0.15, -0.1) is 0 Å². The number of carboxylic acids is 1. The maximum absolute atomic E-state index is 10.8. The second-order valence-electron chi connectivity index (χ2n) is 5.47. The molecule has 120 valence electrons. The van der Waals surface area contributed by atoms with Gasteiger partial charge in [0.25, 0.3) is 0 Å². The van der Waals surface area contributed by atoms with Gasteiger partial charge in [-0.1, -0.05) is 17.7 Å². The minimum Gasteiger partial charge on any atom is -0.476 e. The number of carbonyl (C=O) groups is 1. The second-order valence-corrected chi connectivity index (χ2v) is 5.91. The Kier molecular flexibility index (Phi) is 4.34. The van der Waals surface area contributed by atoms with Crippen molar-refractivity contribution in [1.29, 1.82) is 0 Å². The van der Waals surface area contributed by atoms with Gasteiger partial charge in [0.1, 0.15) is 5.82 Å². The molecule has 0 spiro atoms. The Morgan fingerprint density at radius 1 is 1.13 bits per heavy atom. The lowest BCUT2D eigenvalue weighted by molar-refractivity contribution is 0.0690. The molecule has 1 aromatic carbocycles. The Morgan fingerprint density at radius 3 is 2.43 bits per heavy atom. The first-order chi connectivity index (χ1) is 11.0. The average molecular weight is 333 g/mol. The van der Waals surface area contributed by atoms with Gasteiger partial charge in [-0.25, -0.2) is 14.8 Å². The zero-order valence-corrected chi connectivity index (χ0v) is 13.5. The number of aromatic carboxylic acids is 1. The summed E-state index contributed by atoms with van der Waals surface area (Å²) in [7, 11) is 0. The zero-order chi connectivity index (χ0) is 16.4. The van der Waals surface area contributed by atoms with Crippen molar-refractivity contribution in [3.05, 3.63) is 46.9 Å². The number of benzene rings is 1. The van der Waals surface area contributed by atoms with E-state index in [1.54, 1.807) is 0 Å². The summed E-state index contributed by atoms with van der Waals surface area (Å²) >= 11 is 6.10. The summed E-state index contributed by atoms with van der Waals surface area (Å²) in [6.45, 7) is 5.38. The number of piperazine rings is 1. The summed E-state index contributed by atoms with van der Waals surface area (Å²) < 4.78 is 0. The molecule has 0 amide bonds. The lowest BCUT2D eigenvalue weighted by Gasteiger charge is -2.37. The van der Waals surface area contributed by atoms with Crippen molar-refractivity contribution in [1.82, 2.24) is 9.97 Å². The van der Waals surface area contributed by atoms with Crippen molar-refractivity contribution in [2.45, 2.75) is 6.92 Å². The fraction of sp³-hybridized carbons (Fsp3) is 0.312. The quantitative estimate of drug-likeness (QED) is 0.931. The molecule has 0 atom stereocenters. The molecule has 0 unspecified atom stereocenters. The van der Waals surface area contributed by atoms with Gasteiger partial charge in [0.15, 0.2) is 5.69 Å². The fourth-order valence-electron chi connectivity index (χ4n) is 2.69. The van der Waals surface area contributed by atoms with Crippen LogP contribution in [0.2, 0.25) is 5.02 Å². The van der Waals surface area contributed by atoms with E-state index in [0.717, 1.165) is 36.9 Å². The molecule has 7 heteroatoms. The number of halogens is 1. The molecule has 3 rings (SSSR count). The van der Waals surface area contributed by atoms with Crippen molar-refractivity contribution in [2.24, 2.45) is 0 Å². The largest absolute Gasteiger partial charge is 0.476 e. The topological polar surface area (TPSA) is 69.6 Å². The first-order valence-electron chi connectivity index (χ1n) is 7.36. The number of anilines is 2. The van der Waals surface area contributed by atoms with Crippen LogP contribution in [0.25, 0.3) is 0 Å². The van der Waals surface area contributed by atoms with Crippen LogP contribution in [0, 0.1) is 6.92 Å². The Bertz CT molecular complexity index is 713. The third-order valence-electron chi connectivity index (χ3n) is 3.97. The standard InChI is InChI=1S/C16H17ClN4O2/c1-11-2-3-12(17)8-14(11)20-4-6-21(7-5-20)15-10-18-13(9-19-15)16(22)23/h2-3,8-10H,4-7H2,1H3,(H,22,23). The molecule has 0 radical (unpaired) electrons. The van der Waals surface area contributed by atoms with E-state index < -0.39 is 5.97 Å². The van der Waals surface area contributed by atoms with Crippen molar-refractivity contribution < 1.29 is 9.90 Å². The predicted molar refractivity (Wildman–Crippen MR) is 89.6 cm³/mol. The molecule has 1 aromatic heterocycles. The number of rotatable bonds is 3. The minimum absolute atomic E-state index is 0.0399. The molecular weight excluding hydrogens is 316 g/mol. The highest BCUT2D eigenvalue weighted by molar-refractivity contribution is 6.30. The van der Waals surface area contributed by atoms with Gasteiger partial charge in [-0.3, -0.25) is 0 Å². The van der Waals surface area contributed by atoms with Crippen LogP contribution in [0.3, 0.4) is 0 Å². The summed E-state index contributed by atoms with van der Waals surface area (Å²) in [5.41, 5.74) is 2.32. The van der Waals surface area contributed by atoms with E-state index in [1.807, 2.05) is 18.2 Å². The number of aromatic nitrogens is 2. The van der Waals surface area contributed by atoms with Crippen molar-refractivity contribution in [2.75, 3.05) is 36.0 Å². The van der Waals surface area contributed by atoms with E-state index in [4.69, 9.17) is 16.7 Å². The van der Waals surface area contributed by atoms with Crippen LogP contribution in [-0.4, -0.2) is 47.2 Å². The molecule has 23 heavy (non-hydrogen) atoms. The Hall–Kier alpha value is -2.34. The molecular formula is C16H17ClN4O2. The van der Waals surface area contributed by atoms with Crippen molar-refractivity contribution in [3.8, 4) is 0 Å². The van der Waals surface area contributed by atoms with Gasteiger partial charge in [-0.05, 0) is 24.6 Å². The number of nitrogens with zero attached hydrogens (tertiary/aromatic N) is 4. The molecule has 0 saturated carbocycles. The van der Waals surface area contributed by atoms with Gasteiger partial charge < -0.3 is 14.9 Å². The predicted octanol–water partition coefficient (Wildman–Crippen LogP) is 2.46. The molecule has 2 heterocycles. The third kappa shape index (κ3) is 3.37. The lowest BCUT2D eigenvalue weighted by atomic mass is 10.1. The number of aryl methyl sites for hydroxylation is 1. The normalized spacial score (nSPS) is 14.9. The molecule has 1 aliphatic rings. The van der Waals surface area contributed by atoms with Gasteiger partial charge in [0.2, 0.25) is 0 Å². The van der Waals surface area contributed by atoms with Gasteiger partial charge >= 0.3 is 5.97 Å². The van der Waals surface area contributed by atoms with Gasteiger partial charge in [0.05, 0.1) is 12.4 Å². The number of carboxylic acid groups (broad SMARTS) is 1. The smallest absolute Gasteiger partial charge is 0.356 e. The highest BCUT2D eigenvalue weighted by atomic mass is 35.5. The van der Waals surface area contributed by atoms with Crippen LogP contribution in [0.5, 0.6) is 0 Å². The van der Waals surface area contributed by atoms with Crippen molar-refractivity contribution >= 4 is 29.1 Å². The van der Waals surface area contributed by atoms with E-state index >= 15 is 0 Å². The van der Waals surface area contributed by atoms with Gasteiger partial charge in [0, 0.05) is 36.9 Å². The Morgan fingerprint density at radius 2 is 1.83 bits per heavy atom. The summed E-state index contributed by atoms with van der Waals surface area (Å²) in [4.78, 5) is 23.3. The van der Waals surface area contributed by atoms with E-state index in [-0.39, 0.29) is 5.69 Å². The molecule has 1 N–H and O–H groups in total. The van der Waals surface area contributed by atoms with Crippen LogP contribution in [0.15, 0.2) is 30.6 Å². The first kappa shape index (κ1) is 15.6. The van der Waals surface area contributed by atoms with Crippen LogP contribution < -0.4 is 9.80 Å². The van der Waals surface area contributed by atoms with Crippen LogP contribution in [-0.2, 0) is 0 Å². The van der Waals surface area contributed by atoms with E-state index in [1.165, 1.54) is 18.0 Å². The highest BCUT2D eigenvalue weighted by Gasteiger charge is 2.20. The maximum atomic E-state index is 10.8. The van der Waals surface area contributed by atoms with E-state index in [9.17, 15) is 4.79 Å². The Labute approximate surface area is 139 Å². The molecule has 2 aromatic rings.